The zero-order valence-corrected chi connectivity index (χ0v) is 9.03. The smallest absolute Gasteiger partial charge is 0.114 e. The van der Waals surface area contributed by atoms with Gasteiger partial charge in [0.05, 0.1) is 6.21 Å². The number of oxime groups is 1. The summed E-state index contributed by atoms with van der Waals surface area (Å²) in [5.74, 6) is 0.551. The second-order valence-electron chi connectivity index (χ2n) is 3.48. The van der Waals surface area contributed by atoms with Gasteiger partial charge in [-0.2, -0.15) is 0 Å². The van der Waals surface area contributed by atoms with Crippen molar-refractivity contribution in [3.05, 3.63) is 35.4 Å². The van der Waals surface area contributed by atoms with E-state index in [0.29, 0.717) is 12.5 Å². The van der Waals surface area contributed by atoms with Crippen molar-refractivity contribution < 1.29 is 4.84 Å². The fourth-order valence-corrected chi connectivity index (χ4v) is 1.17. The maximum Gasteiger partial charge on any atom is 0.114 e. The summed E-state index contributed by atoms with van der Waals surface area (Å²) in [7, 11) is 0. The average molecular weight is 191 g/mol. The lowest BCUT2D eigenvalue weighted by molar-refractivity contribution is 0.160. The number of benzene rings is 1. The molecule has 1 aromatic carbocycles. The number of hydrogen-bond donors (Lipinski definition) is 0. The minimum Gasteiger partial charge on any atom is -0.396 e. The maximum absolute atomic E-state index is 4.91. The Morgan fingerprint density at radius 1 is 1.43 bits per heavy atom. The summed E-state index contributed by atoms with van der Waals surface area (Å²) >= 11 is 0. The lowest BCUT2D eigenvalue weighted by Gasteiger charge is -2.04. The largest absolute Gasteiger partial charge is 0.396 e. The van der Waals surface area contributed by atoms with Gasteiger partial charge in [0.1, 0.15) is 6.61 Å². The van der Waals surface area contributed by atoms with Crippen LogP contribution in [0.15, 0.2) is 29.4 Å². The summed E-state index contributed by atoms with van der Waals surface area (Å²) < 4.78 is 0. The number of hydrogen-bond acceptors (Lipinski definition) is 2. The molecule has 0 amide bonds. The van der Waals surface area contributed by atoms with E-state index >= 15 is 0 Å². The Morgan fingerprint density at radius 2 is 2.21 bits per heavy atom. The maximum atomic E-state index is 4.91. The predicted octanol–water partition coefficient (Wildman–Crippen LogP) is 3.18. The Labute approximate surface area is 85.6 Å². The normalized spacial score (nSPS) is 11.1. The van der Waals surface area contributed by atoms with E-state index in [2.05, 4.69) is 31.1 Å². The molecule has 0 radical (unpaired) electrons. The summed E-state index contributed by atoms with van der Waals surface area (Å²) in [5.41, 5.74) is 2.41. The molecule has 0 aliphatic rings. The van der Waals surface area contributed by atoms with Gasteiger partial charge in [0.25, 0.3) is 0 Å². The minimum absolute atomic E-state index is 0.551. The molecule has 0 aliphatic carbocycles. The van der Waals surface area contributed by atoms with E-state index in [9.17, 15) is 0 Å². The molecule has 0 unspecified atom stereocenters. The SMILES string of the molecule is CCO/N=C/c1cccc(C(C)C)c1. The van der Waals surface area contributed by atoms with Crippen LogP contribution in [0.25, 0.3) is 0 Å². The third-order valence-electron chi connectivity index (χ3n) is 1.98. The van der Waals surface area contributed by atoms with Gasteiger partial charge in [0.2, 0.25) is 0 Å². The Morgan fingerprint density at radius 3 is 2.86 bits per heavy atom. The molecule has 2 nitrogen and oxygen atoms in total. The molecule has 0 saturated heterocycles. The van der Waals surface area contributed by atoms with E-state index in [-0.39, 0.29) is 0 Å². The van der Waals surface area contributed by atoms with E-state index in [4.69, 9.17) is 4.84 Å². The third kappa shape index (κ3) is 3.21. The molecule has 0 bridgehead atoms. The van der Waals surface area contributed by atoms with Crippen LogP contribution in [0.4, 0.5) is 0 Å². The van der Waals surface area contributed by atoms with E-state index in [1.165, 1.54) is 5.56 Å². The van der Waals surface area contributed by atoms with Gasteiger partial charge in [-0.1, -0.05) is 37.2 Å². The van der Waals surface area contributed by atoms with E-state index in [1.807, 2.05) is 19.1 Å². The van der Waals surface area contributed by atoms with Crippen molar-refractivity contribution in [3.8, 4) is 0 Å². The fourth-order valence-electron chi connectivity index (χ4n) is 1.17. The molecule has 2 heteroatoms. The topological polar surface area (TPSA) is 21.6 Å². The van der Waals surface area contributed by atoms with Gasteiger partial charge < -0.3 is 4.84 Å². The molecular formula is C12H17NO. The molecule has 14 heavy (non-hydrogen) atoms. The van der Waals surface area contributed by atoms with Crippen LogP contribution in [-0.2, 0) is 4.84 Å². The highest BCUT2D eigenvalue weighted by Crippen LogP contribution is 2.14. The predicted molar refractivity (Wildman–Crippen MR) is 59.8 cm³/mol. The van der Waals surface area contributed by atoms with Gasteiger partial charge in [-0.25, -0.2) is 0 Å². The molecule has 0 heterocycles. The molecule has 1 rings (SSSR count). The first-order valence-corrected chi connectivity index (χ1v) is 4.99. The lowest BCUT2D eigenvalue weighted by Crippen LogP contribution is -1.90. The van der Waals surface area contributed by atoms with Gasteiger partial charge in [-0.05, 0) is 30.0 Å². The fraction of sp³-hybridized carbons (Fsp3) is 0.417. The molecule has 0 spiro atoms. The van der Waals surface area contributed by atoms with Gasteiger partial charge >= 0.3 is 0 Å². The molecule has 76 valence electrons. The van der Waals surface area contributed by atoms with Crippen molar-refractivity contribution >= 4 is 6.21 Å². The Balaban J connectivity index is 2.73. The minimum atomic E-state index is 0.551. The van der Waals surface area contributed by atoms with Crippen LogP contribution in [-0.4, -0.2) is 12.8 Å². The van der Waals surface area contributed by atoms with Crippen LogP contribution in [0, 0.1) is 0 Å². The highest BCUT2D eigenvalue weighted by Gasteiger charge is 1.98. The van der Waals surface area contributed by atoms with Crippen molar-refractivity contribution in [2.24, 2.45) is 5.16 Å². The van der Waals surface area contributed by atoms with Gasteiger partial charge in [0.15, 0.2) is 0 Å². The first-order valence-electron chi connectivity index (χ1n) is 4.99. The lowest BCUT2D eigenvalue weighted by atomic mass is 10.0. The van der Waals surface area contributed by atoms with Crippen molar-refractivity contribution in [1.82, 2.24) is 0 Å². The van der Waals surface area contributed by atoms with Crippen LogP contribution in [0.3, 0.4) is 0 Å². The Kier molecular flexibility index (Phi) is 4.17. The van der Waals surface area contributed by atoms with Crippen LogP contribution in [0.2, 0.25) is 0 Å². The Bertz CT molecular complexity index is 305. The summed E-state index contributed by atoms with van der Waals surface area (Å²) in [4.78, 5) is 4.91. The van der Waals surface area contributed by atoms with Crippen LogP contribution in [0.5, 0.6) is 0 Å². The zero-order valence-electron chi connectivity index (χ0n) is 9.03. The third-order valence-corrected chi connectivity index (χ3v) is 1.98. The van der Waals surface area contributed by atoms with Gasteiger partial charge in [-0.15, -0.1) is 0 Å². The van der Waals surface area contributed by atoms with Crippen LogP contribution in [0.1, 0.15) is 37.8 Å². The molecule has 0 aliphatic heterocycles. The Hall–Kier alpha value is -1.31. The van der Waals surface area contributed by atoms with Crippen molar-refractivity contribution in [2.75, 3.05) is 6.61 Å². The number of rotatable bonds is 4. The van der Waals surface area contributed by atoms with E-state index < -0.39 is 0 Å². The van der Waals surface area contributed by atoms with Gasteiger partial charge in [-0.3, -0.25) is 0 Å². The van der Waals surface area contributed by atoms with E-state index in [1.54, 1.807) is 6.21 Å². The first kappa shape index (κ1) is 10.8. The molecule has 0 saturated carbocycles. The van der Waals surface area contributed by atoms with E-state index in [0.717, 1.165) is 5.56 Å². The summed E-state index contributed by atoms with van der Waals surface area (Å²) in [6, 6.07) is 8.33. The monoisotopic (exact) mass is 191 g/mol. The standard InChI is InChI=1S/C12H17NO/c1-4-14-13-9-11-6-5-7-12(8-11)10(2)3/h5-10H,4H2,1-3H3/b13-9+. The quantitative estimate of drug-likeness (QED) is 0.529. The molecule has 0 fully saturated rings. The molecular weight excluding hydrogens is 174 g/mol. The first-order chi connectivity index (χ1) is 6.74. The van der Waals surface area contributed by atoms with Gasteiger partial charge in [0, 0.05) is 0 Å². The highest BCUT2D eigenvalue weighted by molar-refractivity contribution is 5.79. The van der Waals surface area contributed by atoms with Crippen LogP contribution >= 0.6 is 0 Å². The van der Waals surface area contributed by atoms with Crippen molar-refractivity contribution in [1.29, 1.82) is 0 Å². The summed E-state index contributed by atoms with van der Waals surface area (Å²) in [6.45, 7) is 6.89. The van der Waals surface area contributed by atoms with Crippen molar-refractivity contribution in [3.63, 3.8) is 0 Å². The second-order valence-corrected chi connectivity index (χ2v) is 3.48. The summed E-state index contributed by atoms with van der Waals surface area (Å²) in [5, 5.41) is 3.84. The molecule has 1 aromatic rings. The molecule has 0 N–H and O–H groups in total. The van der Waals surface area contributed by atoms with Crippen LogP contribution < -0.4 is 0 Å². The second kappa shape index (κ2) is 5.43. The number of nitrogens with zero attached hydrogens (tertiary/aromatic N) is 1. The zero-order chi connectivity index (χ0) is 10.4. The van der Waals surface area contributed by atoms with Crippen molar-refractivity contribution in [2.45, 2.75) is 26.7 Å². The summed E-state index contributed by atoms with van der Waals surface area (Å²) in [6.07, 6.45) is 1.75. The average Bonchev–Trinajstić information content (AvgIpc) is 2.19. The highest BCUT2D eigenvalue weighted by atomic mass is 16.6. The molecule has 0 aromatic heterocycles. The molecule has 0 atom stereocenters.